The number of nitrogens with one attached hydrogen (secondary N) is 1. The number of methoxy groups -OCH3 is 1. The standard InChI is InChI=1S/C27H35N3O2S/c1-16(2)10-19-12-21-18(13-22(19)32-7)8-9-20-24(26(31)28-15-27(4,5)6)29-25(30(20)21)23-11-17(3)14-33-23/h11-14,16H,8-10,15H2,1-7H3,(H,28,31). The fraction of sp³-hybridized carbons (Fsp3) is 0.481. The first-order chi connectivity index (χ1) is 15.6. The Bertz CT molecular complexity index is 1180. The molecule has 0 fully saturated rings. The summed E-state index contributed by atoms with van der Waals surface area (Å²) in [5, 5.41) is 5.24. The highest BCUT2D eigenvalue weighted by Gasteiger charge is 2.30. The van der Waals surface area contributed by atoms with Crippen LogP contribution < -0.4 is 10.1 Å². The smallest absolute Gasteiger partial charge is 0.271 e. The molecule has 3 aromatic rings. The molecule has 176 valence electrons. The average Bonchev–Trinajstić information content (AvgIpc) is 3.34. The zero-order valence-corrected chi connectivity index (χ0v) is 21.7. The third kappa shape index (κ3) is 4.86. The maximum atomic E-state index is 13.2. The van der Waals surface area contributed by atoms with Gasteiger partial charge in [-0.05, 0) is 77.8 Å². The Hall–Kier alpha value is -2.60. The number of amides is 1. The van der Waals surface area contributed by atoms with E-state index in [0.717, 1.165) is 47.1 Å². The highest BCUT2D eigenvalue weighted by Crippen LogP contribution is 2.38. The van der Waals surface area contributed by atoms with Crippen LogP contribution in [-0.2, 0) is 19.3 Å². The number of hydrogen-bond donors (Lipinski definition) is 1. The van der Waals surface area contributed by atoms with Crippen LogP contribution in [-0.4, -0.2) is 29.1 Å². The van der Waals surface area contributed by atoms with Crippen molar-refractivity contribution in [2.75, 3.05) is 13.7 Å². The van der Waals surface area contributed by atoms with Gasteiger partial charge in [0.25, 0.3) is 5.91 Å². The van der Waals surface area contributed by atoms with Crippen molar-refractivity contribution in [3.8, 4) is 22.1 Å². The zero-order chi connectivity index (χ0) is 23.9. The molecule has 1 aliphatic rings. The minimum absolute atomic E-state index is 0.0120. The van der Waals surface area contributed by atoms with Crippen molar-refractivity contribution in [2.24, 2.45) is 11.3 Å². The SMILES string of the molecule is COc1cc2c(cc1CC(C)C)-n1c(-c3cc(C)cs3)nc(C(=O)NCC(C)(C)C)c1CC2. The fourth-order valence-corrected chi connectivity index (χ4v) is 5.25. The summed E-state index contributed by atoms with van der Waals surface area (Å²) >= 11 is 1.68. The molecule has 2 aromatic heterocycles. The van der Waals surface area contributed by atoms with Gasteiger partial charge in [0.2, 0.25) is 0 Å². The molecule has 0 bridgehead atoms. The minimum Gasteiger partial charge on any atom is -0.496 e. The Morgan fingerprint density at radius 1 is 1.24 bits per heavy atom. The van der Waals surface area contributed by atoms with E-state index in [1.807, 2.05) is 0 Å². The molecule has 0 radical (unpaired) electrons. The van der Waals surface area contributed by atoms with Crippen LogP contribution >= 0.6 is 11.3 Å². The number of carbonyl (C=O) groups excluding carboxylic acids is 1. The lowest BCUT2D eigenvalue weighted by Crippen LogP contribution is -2.33. The molecular formula is C27H35N3O2S. The van der Waals surface area contributed by atoms with E-state index in [9.17, 15) is 4.79 Å². The zero-order valence-electron chi connectivity index (χ0n) is 20.8. The number of benzene rings is 1. The quantitative estimate of drug-likeness (QED) is 0.486. The van der Waals surface area contributed by atoms with Crippen LogP contribution in [0.1, 0.15) is 67.5 Å². The Morgan fingerprint density at radius 2 is 2.00 bits per heavy atom. The second-order valence-electron chi connectivity index (χ2n) is 10.7. The molecule has 1 aromatic carbocycles. The molecule has 1 aliphatic heterocycles. The van der Waals surface area contributed by atoms with E-state index in [-0.39, 0.29) is 11.3 Å². The van der Waals surface area contributed by atoms with E-state index in [2.05, 4.69) is 75.0 Å². The van der Waals surface area contributed by atoms with Crippen LogP contribution in [0, 0.1) is 18.3 Å². The van der Waals surface area contributed by atoms with Gasteiger partial charge in [-0.1, -0.05) is 34.6 Å². The normalized spacial score (nSPS) is 13.1. The van der Waals surface area contributed by atoms with Gasteiger partial charge in [-0.15, -0.1) is 11.3 Å². The lowest BCUT2D eigenvalue weighted by atomic mass is 9.94. The van der Waals surface area contributed by atoms with Crippen molar-refractivity contribution in [3.05, 3.63) is 51.7 Å². The molecule has 0 atom stereocenters. The van der Waals surface area contributed by atoms with Gasteiger partial charge >= 0.3 is 0 Å². The van der Waals surface area contributed by atoms with Gasteiger partial charge in [-0.3, -0.25) is 9.36 Å². The second kappa shape index (κ2) is 8.98. The first kappa shape index (κ1) is 23.6. The maximum Gasteiger partial charge on any atom is 0.271 e. The Labute approximate surface area is 201 Å². The van der Waals surface area contributed by atoms with Gasteiger partial charge in [0.1, 0.15) is 11.4 Å². The number of thiophene rings is 1. The summed E-state index contributed by atoms with van der Waals surface area (Å²) in [6.45, 7) is 13.5. The van der Waals surface area contributed by atoms with E-state index in [4.69, 9.17) is 9.72 Å². The number of nitrogens with zero attached hydrogens (tertiary/aromatic N) is 2. The molecule has 0 saturated heterocycles. The fourth-order valence-electron chi connectivity index (χ4n) is 4.37. The first-order valence-electron chi connectivity index (χ1n) is 11.7. The predicted octanol–water partition coefficient (Wildman–Crippen LogP) is 5.99. The molecule has 0 spiro atoms. The van der Waals surface area contributed by atoms with Crippen molar-refractivity contribution in [1.29, 1.82) is 0 Å². The second-order valence-corrected chi connectivity index (χ2v) is 11.6. The third-order valence-electron chi connectivity index (χ3n) is 5.90. The molecule has 0 saturated carbocycles. The van der Waals surface area contributed by atoms with Crippen LogP contribution in [0.25, 0.3) is 16.4 Å². The van der Waals surface area contributed by atoms with Crippen LogP contribution in [0.5, 0.6) is 5.75 Å². The van der Waals surface area contributed by atoms with Crippen LogP contribution in [0.15, 0.2) is 23.6 Å². The number of aromatic nitrogens is 2. The summed E-state index contributed by atoms with van der Waals surface area (Å²) in [6.07, 6.45) is 2.57. The topological polar surface area (TPSA) is 56.2 Å². The molecule has 1 amide bonds. The Balaban J connectivity index is 1.88. The van der Waals surface area contributed by atoms with Gasteiger partial charge in [0.15, 0.2) is 5.82 Å². The lowest BCUT2D eigenvalue weighted by molar-refractivity contribution is 0.0933. The number of imidazole rings is 1. The molecule has 0 aliphatic carbocycles. The van der Waals surface area contributed by atoms with Gasteiger partial charge < -0.3 is 10.1 Å². The highest BCUT2D eigenvalue weighted by molar-refractivity contribution is 7.13. The van der Waals surface area contributed by atoms with Gasteiger partial charge in [0, 0.05) is 6.54 Å². The summed E-state index contributed by atoms with van der Waals surface area (Å²) in [7, 11) is 1.74. The molecule has 0 unspecified atom stereocenters. The largest absolute Gasteiger partial charge is 0.496 e. The average molecular weight is 466 g/mol. The van der Waals surface area contributed by atoms with Gasteiger partial charge in [-0.2, -0.15) is 0 Å². The molecular weight excluding hydrogens is 430 g/mol. The summed E-state index contributed by atoms with van der Waals surface area (Å²) in [5.41, 5.74) is 6.31. The molecule has 1 N–H and O–H groups in total. The minimum atomic E-state index is -0.0902. The van der Waals surface area contributed by atoms with Gasteiger partial charge in [0.05, 0.1) is 23.4 Å². The van der Waals surface area contributed by atoms with E-state index in [1.165, 1.54) is 16.7 Å². The number of aryl methyl sites for hydroxylation is 2. The number of fused-ring (bicyclic) bond motifs is 3. The summed E-state index contributed by atoms with van der Waals surface area (Å²) < 4.78 is 7.96. The van der Waals surface area contributed by atoms with E-state index < -0.39 is 0 Å². The van der Waals surface area contributed by atoms with Crippen LogP contribution in [0.4, 0.5) is 0 Å². The Kier molecular flexibility index (Phi) is 6.41. The Morgan fingerprint density at radius 3 is 2.61 bits per heavy atom. The summed E-state index contributed by atoms with van der Waals surface area (Å²) in [5.74, 6) is 2.22. The van der Waals surface area contributed by atoms with E-state index >= 15 is 0 Å². The van der Waals surface area contributed by atoms with Crippen molar-refractivity contribution in [2.45, 2.75) is 60.8 Å². The monoisotopic (exact) mass is 465 g/mol. The van der Waals surface area contributed by atoms with E-state index in [0.29, 0.717) is 18.2 Å². The lowest BCUT2D eigenvalue weighted by Gasteiger charge is -2.24. The molecule has 5 nitrogen and oxygen atoms in total. The highest BCUT2D eigenvalue weighted by atomic mass is 32.1. The predicted molar refractivity (Wildman–Crippen MR) is 136 cm³/mol. The molecule has 4 rings (SSSR count). The summed E-state index contributed by atoms with van der Waals surface area (Å²) in [6, 6.07) is 6.59. The first-order valence-corrected chi connectivity index (χ1v) is 12.6. The van der Waals surface area contributed by atoms with Crippen LogP contribution in [0.2, 0.25) is 0 Å². The maximum absolute atomic E-state index is 13.2. The van der Waals surface area contributed by atoms with Crippen molar-refractivity contribution < 1.29 is 9.53 Å². The van der Waals surface area contributed by atoms with Gasteiger partial charge in [-0.25, -0.2) is 4.98 Å². The molecule has 3 heterocycles. The van der Waals surface area contributed by atoms with Crippen molar-refractivity contribution in [3.63, 3.8) is 0 Å². The molecule has 6 heteroatoms. The molecule has 33 heavy (non-hydrogen) atoms. The summed E-state index contributed by atoms with van der Waals surface area (Å²) in [4.78, 5) is 19.3. The van der Waals surface area contributed by atoms with Crippen molar-refractivity contribution >= 4 is 17.2 Å². The number of hydrogen-bond acceptors (Lipinski definition) is 4. The third-order valence-corrected chi connectivity index (χ3v) is 6.94. The number of ether oxygens (including phenoxy) is 1. The number of carbonyl (C=O) groups is 1. The van der Waals surface area contributed by atoms with Crippen molar-refractivity contribution in [1.82, 2.24) is 14.9 Å². The van der Waals surface area contributed by atoms with E-state index in [1.54, 1.807) is 18.4 Å². The number of rotatable bonds is 6. The van der Waals surface area contributed by atoms with Crippen LogP contribution in [0.3, 0.4) is 0 Å².